The first kappa shape index (κ1) is 18.1. The quantitative estimate of drug-likeness (QED) is 0.623. The van der Waals surface area contributed by atoms with Gasteiger partial charge in [-0.05, 0) is 17.7 Å². The Labute approximate surface area is 151 Å². The fourth-order valence-corrected chi connectivity index (χ4v) is 3.20. The van der Waals surface area contributed by atoms with Gasteiger partial charge in [-0.2, -0.15) is 13.2 Å². The lowest BCUT2D eigenvalue weighted by Crippen LogP contribution is -2.05. The van der Waals surface area contributed by atoms with Crippen LogP contribution in [-0.2, 0) is 17.3 Å². The zero-order valence-corrected chi connectivity index (χ0v) is 14.4. The van der Waals surface area contributed by atoms with E-state index < -0.39 is 17.7 Å². The molecule has 0 bridgehead atoms. The van der Waals surface area contributed by atoms with Gasteiger partial charge in [0.2, 0.25) is 0 Å². The summed E-state index contributed by atoms with van der Waals surface area (Å²) in [5.74, 6) is -0.501. The smallest absolute Gasteiger partial charge is 0.416 e. The predicted octanol–water partition coefficient (Wildman–Crippen LogP) is 4.60. The first-order valence-corrected chi connectivity index (χ1v) is 8.39. The fraction of sp³-hybridized carbons (Fsp3) is 0.167. The Bertz CT molecular complexity index is 938. The third-order valence-electron chi connectivity index (χ3n) is 3.62. The molecule has 1 aromatic carbocycles. The highest BCUT2D eigenvalue weighted by atomic mass is 32.1. The van der Waals surface area contributed by atoms with E-state index in [9.17, 15) is 18.0 Å². The zero-order valence-electron chi connectivity index (χ0n) is 13.6. The second kappa shape index (κ2) is 7.25. The molecule has 0 saturated carbocycles. The molecular formula is C18H13F3N2O2S. The van der Waals surface area contributed by atoms with E-state index in [0.29, 0.717) is 33.8 Å². The molecule has 0 amide bonds. The maximum absolute atomic E-state index is 12.8. The molecule has 0 radical (unpaired) electrons. The lowest BCUT2D eigenvalue weighted by atomic mass is 10.1. The highest BCUT2D eigenvalue weighted by molar-refractivity contribution is 7.10. The van der Waals surface area contributed by atoms with Gasteiger partial charge in [0, 0.05) is 29.8 Å². The Morgan fingerprint density at radius 1 is 1.23 bits per heavy atom. The van der Waals surface area contributed by atoms with Gasteiger partial charge >= 0.3 is 12.1 Å². The van der Waals surface area contributed by atoms with E-state index in [1.54, 1.807) is 23.7 Å². The van der Waals surface area contributed by atoms with Crippen LogP contribution in [0.4, 0.5) is 13.2 Å². The number of aromatic nitrogens is 2. The zero-order chi connectivity index (χ0) is 18.7. The van der Waals surface area contributed by atoms with Crippen molar-refractivity contribution in [2.75, 3.05) is 7.11 Å². The van der Waals surface area contributed by atoms with Gasteiger partial charge in [0.05, 0.1) is 28.9 Å². The number of nitrogens with zero attached hydrogens (tertiary/aromatic N) is 2. The van der Waals surface area contributed by atoms with E-state index in [1.807, 2.05) is 0 Å². The standard InChI is InChI=1S/C18H13F3N2O2S/c1-25-17(24)13-7-12(8-22-9-13)15-10-26-16(23-15)6-11-3-2-4-14(5-11)18(19,20)21/h2-5,7-10H,6H2,1H3. The van der Waals surface area contributed by atoms with Crippen LogP contribution in [0, 0.1) is 0 Å². The molecule has 0 unspecified atom stereocenters. The van der Waals surface area contributed by atoms with E-state index >= 15 is 0 Å². The van der Waals surface area contributed by atoms with Crippen molar-refractivity contribution in [2.45, 2.75) is 12.6 Å². The van der Waals surface area contributed by atoms with Gasteiger partial charge in [-0.1, -0.05) is 18.2 Å². The summed E-state index contributed by atoms with van der Waals surface area (Å²) in [5.41, 5.74) is 1.40. The minimum atomic E-state index is -4.37. The van der Waals surface area contributed by atoms with Crippen LogP contribution in [0.1, 0.15) is 26.5 Å². The van der Waals surface area contributed by atoms with Crippen molar-refractivity contribution in [3.63, 3.8) is 0 Å². The number of benzene rings is 1. The molecule has 2 aromatic heterocycles. The Balaban J connectivity index is 1.82. The summed E-state index contributed by atoms with van der Waals surface area (Å²) >= 11 is 1.34. The maximum atomic E-state index is 12.8. The molecule has 8 heteroatoms. The van der Waals surface area contributed by atoms with Crippen molar-refractivity contribution < 1.29 is 22.7 Å². The van der Waals surface area contributed by atoms with Crippen molar-refractivity contribution in [1.29, 1.82) is 0 Å². The molecule has 134 valence electrons. The second-order valence-corrected chi connectivity index (χ2v) is 6.40. The first-order chi connectivity index (χ1) is 12.4. The van der Waals surface area contributed by atoms with E-state index in [0.717, 1.165) is 12.1 Å². The molecular weight excluding hydrogens is 365 g/mol. The molecule has 3 rings (SSSR count). The molecule has 2 heterocycles. The summed E-state index contributed by atoms with van der Waals surface area (Å²) in [6.07, 6.45) is -1.12. The SMILES string of the molecule is COC(=O)c1cncc(-c2csc(Cc3cccc(C(F)(F)F)c3)n2)c1. The Kier molecular flexibility index (Phi) is 5.03. The molecule has 0 saturated heterocycles. The predicted molar refractivity (Wildman–Crippen MR) is 90.9 cm³/mol. The lowest BCUT2D eigenvalue weighted by Gasteiger charge is -2.07. The number of esters is 1. The van der Waals surface area contributed by atoms with Crippen LogP contribution in [0.2, 0.25) is 0 Å². The topological polar surface area (TPSA) is 52.1 Å². The second-order valence-electron chi connectivity index (χ2n) is 5.46. The van der Waals surface area contributed by atoms with Gasteiger partial charge in [0.15, 0.2) is 0 Å². The largest absolute Gasteiger partial charge is 0.465 e. The van der Waals surface area contributed by atoms with Crippen LogP contribution in [0.15, 0.2) is 48.1 Å². The first-order valence-electron chi connectivity index (χ1n) is 7.51. The van der Waals surface area contributed by atoms with Gasteiger partial charge in [-0.15, -0.1) is 11.3 Å². The Morgan fingerprint density at radius 2 is 2.04 bits per heavy atom. The van der Waals surface area contributed by atoms with Crippen molar-refractivity contribution in [3.8, 4) is 11.3 Å². The van der Waals surface area contributed by atoms with Gasteiger partial charge < -0.3 is 4.74 Å². The van der Waals surface area contributed by atoms with Crippen LogP contribution < -0.4 is 0 Å². The number of hydrogen-bond donors (Lipinski definition) is 0. The van der Waals surface area contributed by atoms with Gasteiger partial charge in [-0.3, -0.25) is 4.98 Å². The molecule has 4 nitrogen and oxygen atoms in total. The molecule has 0 atom stereocenters. The molecule has 0 spiro atoms. The summed E-state index contributed by atoms with van der Waals surface area (Å²) in [5, 5.41) is 2.45. The van der Waals surface area contributed by atoms with Crippen LogP contribution in [0.25, 0.3) is 11.3 Å². The molecule has 0 aliphatic rings. The number of carbonyl (C=O) groups is 1. The van der Waals surface area contributed by atoms with Crippen LogP contribution in [0.3, 0.4) is 0 Å². The van der Waals surface area contributed by atoms with Crippen molar-refractivity contribution in [3.05, 3.63) is 69.8 Å². The third kappa shape index (κ3) is 4.08. The van der Waals surface area contributed by atoms with Crippen molar-refractivity contribution in [2.24, 2.45) is 0 Å². The van der Waals surface area contributed by atoms with Gasteiger partial charge in [-0.25, -0.2) is 9.78 Å². The number of alkyl halides is 3. The summed E-state index contributed by atoms with van der Waals surface area (Å²) in [6, 6.07) is 6.80. The van der Waals surface area contributed by atoms with E-state index in [4.69, 9.17) is 0 Å². The third-order valence-corrected chi connectivity index (χ3v) is 4.47. The van der Waals surface area contributed by atoms with Crippen molar-refractivity contribution >= 4 is 17.3 Å². The normalized spacial score (nSPS) is 11.4. The molecule has 0 N–H and O–H groups in total. The average molecular weight is 378 g/mol. The highest BCUT2D eigenvalue weighted by Crippen LogP contribution is 2.30. The molecule has 26 heavy (non-hydrogen) atoms. The number of carbonyl (C=O) groups excluding carboxylic acids is 1. The summed E-state index contributed by atoms with van der Waals surface area (Å²) < 4.78 is 43.1. The highest BCUT2D eigenvalue weighted by Gasteiger charge is 2.30. The van der Waals surface area contributed by atoms with Crippen LogP contribution >= 0.6 is 11.3 Å². The molecule has 0 fully saturated rings. The monoisotopic (exact) mass is 378 g/mol. The number of methoxy groups -OCH3 is 1. The maximum Gasteiger partial charge on any atom is 0.416 e. The number of halogens is 3. The van der Waals surface area contributed by atoms with Gasteiger partial charge in [0.25, 0.3) is 0 Å². The molecule has 0 aliphatic carbocycles. The summed E-state index contributed by atoms with van der Waals surface area (Å²) in [4.78, 5) is 20.0. The van der Waals surface area contributed by atoms with Crippen LogP contribution in [0.5, 0.6) is 0 Å². The van der Waals surface area contributed by atoms with E-state index in [1.165, 1.54) is 30.7 Å². The Hall–Kier alpha value is -2.74. The van der Waals surface area contributed by atoms with Crippen LogP contribution in [-0.4, -0.2) is 23.0 Å². The number of rotatable bonds is 4. The Morgan fingerprint density at radius 3 is 2.77 bits per heavy atom. The van der Waals surface area contributed by atoms with E-state index in [2.05, 4.69) is 14.7 Å². The number of hydrogen-bond acceptors (Lipinski definition) is 5. The van der Waals surface area contributed by atoms with Gasteiger partial charge in [0.1, 0.15) is 0 Å². The summed E-state index contributed by atoms with van der Waals surface area (Å²) in [6.45, 7) is 0. The number of ether oxygens (including phenoxy) is 1. The minimum Gasteiger partial charge on any atom is -0.465 e. The van der Waals surface area contributed by atoms with E-state index in [-0.39, 0.29) is 0 Å². The minimum absolute atomic E-state index is 0.290. The molecule has 3 aromatic rings. The lowest BCUT2D eigenvalue weighted by molar-refractivity contribution is -0.137. The number of pyridine rings is 1. The summed E-state index contributed by atoms with van der Waals surface area (Å²) in [7, 11) is 1.28. The van der Waals surface area contributed by atoms with Crippen molar-refractivity contribution in [1.82, 2.24) is 9.97 Å². The number of thiazole rings is 1. The fourth-order valence-electron chi connectivity index (χ4n) is 2.37. The average Bonchev–Trinajstić information content (AvgIpc) is 3.09. The molecule has 0 aliphatic heterocycles.